The molecule has 2 heterocycles. The van der Waals surface area contributed by atoms with Crippen LogP contribution in [0.1, 0.15) is 16.1 Å². The van der Waals surface area contributed by atoms with Crippen molar-refractivity contribution in [3.05, 3.63) is 59.9 Å². The lowest BCUT2D eigenvalue weighted by atomic mass is 10.2. The van der Waals surface area contributed by atoms with Crippen molar-refractivity contribution in [2.75, 3.05) is 32.7 Å². The number of hydrogen-bond acceptors (Lipinski definition) is 3. The van der Waals surface area contributed by atoms with E-state index in [-0.39, 0.29) is 24.3 Å². The predicted molar refractivity (Wildman–Crippen MR) is 96.4 cm³/mol. The summed E-state index contributed by atoms with van der Waals surface area (Å²) in [5, 5.41) is 2.64. The molecule has 1 saturated heterocycles. The quantitative estimate of drug-likeness (QED) is 0.827. The second-order valence-electron chi connectivity index (χ2n) is 6.18. The number of carbonyl (C=O) groups excluding carboxylic acids is 3. The number of aromatic amines is 1. The molecule has 0 atom stereocenters. The first-order valence-electron chi connectivity index (χ1n) is 8.64. The number of carbonyl (C=O) groups is 3. The van der Waals surface area contributed by atoms with Crippen molar-refractivity contribution >= 4 is 17.7 Å². The summed E-state index contributed by atoms with van der Waals surface area (Å²) in [5.41, 5.74) is 1.41. The van der Waals surface area contributed by atoms with Crippen molar-refractivity contribution < 1.29 is 14.4 Å². The van der Waals surface area contributed by atoms with Gasteiger partial charge in [-0.1, -0.05) is 18.2 Å². The maximum atomic E-state index is 12.3. The highest BCUT2D eigenvalue weighted by atomic mass is 16.2. The van der Waals surface area contributed by atoms with Crippen LogP contribution in [-0.4, -0.2) is 65.2 Å². The Morgan fingerprint density at radius 3 is 2.15 bits per heavy atom. The summed E-state index contributed by atoms with van der Waals surface area (Å²) in [6.45, 7) is 1.95. The molecule has 3 rings (SSSR count). The monoisotopic (exact) mass is 354 g/mol. The first kappa shape index (κ1) is 17.7. The molecule has 0 aliphatic carbocycles. The first-order valence-corrected chi connectivity index (χ1v) is 8.64. The first-order chi connectivity index (χ1) is 12.6. The SMILES string of the molecule is O=C(NCC(=O)N1CCN(C(=O)Cc2ccc[nH]2)CC1)c1ccccc1. The second kappa shape index (κ2) is 8.33. The molecule has 0 radical (unpaired) electrons. The molecule has 1 aromatic heterocycles. The van der Waals surface area contributed by atoms with Crippen LogP contribution in [0.4, 0.5) is 0 Å². The zero-order chi connectivity index (χ0) is 18.4. The number of H-pyrrole nitrogens is 1. The summed E-state index contributed by atoms with van der Waals surface area (Å²) in [5.74, 6) is -0.346. The molecule has 7 nitrogen and oxygen atoms in total. The lowest BCUT2D eigenvalue weighted by molar-refractivity contribution is -0.138. The van der Waals surface area contributed by atoms with Crippen molar-refractivity contribution in [3.8, 4) is 0 Å². The minimum Gasteiger partial charge on any atom is -0.365 e. The Bertz CT molecular complexity index is 750. The van der Waals surface area contributed by atoms with Crippen molar-refractivity contribution in [3.63, 3.8) is 0 Å². The average molecular weight is 354 g/mol. The molecule has 2 aromatic rings. The summed E-state index contributed by atoms with van der Waals surface area (Å²) < 4.78 is 0. The Morgan fingerprint density at radius 2 is 1.54 bits per heavy atom. The Labute approximate surface area is 152 Å². The Balaban J connectivity index is 1.42. The smallest absolute Gasteiger partial charge is 0.251 e. The van der Waals surface area contributed by atoms with Gasteiger partial charge in [0.1, 0.15) is 0 Å². The molecular weight excluding hydrogens is 332 g/mol. The van der Waals surface area contributed by atoms with E-state index in [4.69, 9.17) is 0 Å². The van der Waals surface area contributed by atoms with Crippen LogP contribution in [0.3, 0.4) is 0 Å². The zero-order valence-electron chi connectivity index (χ0n) is 14.5. The molecule has 1 aliphatic rings. The fourth-order valence-electron chi connectivity index (χ4n) is 2.92. The molecule has 0 bridgehead atoms. The maximum Gasteiger partial charge on any atom is 0.251 e. The van der Waals surface area contributed by atoms with Crippen LogP contribution >= 0.6 is 0 Å². The molecule has 0 saturated carbocycles. The third kappa shape index (κ3) is 4.50. The standard InChI is InChI=1S/C19H22N4O3/c24-17(13-16-7-4-8-20-16)22-9-11-23(12-10-22)18(25)14-21-19(26)15-5-2-1-3-6-15/h1-8,20H,9-14H2,(H,21,26). The number of piperazine rings is 1. The van der Waals surface area contributed by atoms with Crippen LogP contribution in [-0.2, 0) is 16.0 Å². The normalized spacial score (nSPS) is 14.2. The Hall–Kier alpha value is -3.09. The number of nitrogens with one attached hydrogen (secondary N) is 2. The second-order valence-corrected chi connectivity index (χ2v) is 6.18. The highest BCUT2D eigenvalue weighted by Gasteiger charge is 2.24. The van der Waals surface area contributed by atoms with Crippen LogP contribution in [0.2, 0.25) is 0 Å². The van der Waals surface area contributed by atoms with Crippen LogP contribution in [0.5, 0.6) is 0 Å². The van der Waals surface area contributed by atoms with Gasteiger partial charge in [-0.3, -0.25) is 14.4 Å². The van der Waals surface area contributed by atoms with E-state index in [0.29, 0.717) is 38.2 Å². The summed E-state index contributed by atoms with van der Waals surface area (Å²) in [7, 11) is 0. The molecule has 1 aliphatic heterocycles. The molecule has 1 aromatic carbocycles. The van der Waals surface area contributed by atoms with Gasteiger partial charge in [0.2, 0.25) is 11.8 Å². The van der Waals surface area contributed by atoms with Gasteiger partial charge in [-0.15, -0.1) is 0 Å². The van der Waals surface area contributed by atoms with E-state index in [9.17, 15) is 14.4 Å². The van der Waals surface area contributed by atoms with Gasteiger partial charge >= 0.3 is 0 Å². The van der Waals surface area contributed by atoms with Crippen molar-refractivity contribution in [1.82, 2.24) is 20.1 Å². The number of aromatic nitrogens is 1. The van der Waals surface area contributed by atoms with Gasteiger partial charge in [0.05, 0.1) is 13.0 Å². The number of hydrogen-bond donors (Lipinski definition) is 2. The summed E-state index contributed by atoms with van der Waals surface area (Å²) in [6.07, 6.45) is 2.14. The van der Waals surface area contributed by atoms with Gasteiger partial charge in [0.15, 0.2) is 0 Å². The minimum atomic E-state index is -0.265. The topological polar surface area (TPSA) is 85.5 Å². The Kier molecular flexibility index (Phi) is 5.68. The molecule has 0 unspecified atom stereocenters. The lowest BCUT2D eigenvalue weighted by Crippen LogP contribution is -2.52. The van der Waals surface area contributed by atoms with Gasteiger partial charge in [0, 0.05) is 43.6 Å². The van der Waals surface area contributed by atoms with Gasteiger partial charge in [0.25, 0.3) is 5.91 Å². The van der Waals surface area contributed by atoms with Gasteiger partial charge in [-0.05, 0) is 24.3 Å². The van der Waals surface area contributed by atoms with Gasteiger partial charge in [-0.25, -0.2) is 0 Å². The van der Waals surface area contributed by atoms with E-state index in [1.54, 1.807) is 40.3 Å². The van der Waals surface area contributed by atoms with E-state index in [2.05, 4.69) is 10.3 Å². The molecule has 7 heteroatoms. The average Bonchev–Trinajstić information content (AvgIpc) is 3.19. The third-order valence-corrected chi connectivity index (χ3v) is 4.43. The van der Waals surface area contributed by atoms with E-state index in [0.717, 1.165) is 5.69 Å². The van der Waals surface area contributed by atoms with Crippen molar-refractivity contribution in [2.24, 2.45) is 0 Å². The number of nitrogens with zero attached hydrogens (tertiary/aromatic N) is 2. The maximum absolute atomic E-state index is 12.3. The molecule has 2 N–H and O–H groups in total. The summed E-state index contributed by atoms with van der Waals surface area (Å²) >= 11 is 0. The molecule has 1 fully saturated rings. The van der Waals surface area contributed by atoms with Crippen molar-refractivity contribution in [1.29, 1.82) is 0 Å². The fourth-order valence-corrected chi connectivity index (χ4v) is 2.92. The molecule has 26 heavy (non-hydrogen) atoms. The minimum absolute atomic E-state index is 0.0376. The zero-order valence-corrected chi connectivity index (χ0v) is 14.5. The lowest BCUT2D eigenvalue weighted by Gasteiger charge is -2.34. The van der Waals surface area contributed by atoms with Gasteiger partial charge < -0.3 is 20.1 Å². The number of benzene rings is 1. The fraction of sp³-hybridized carbons (Fsp3) is 0.316. The van der Waals surface area contributed by atoms with Crippen molar-refractivity contribution in [2.45, 2.75) is 6.42 Å². The highest BCUT2D eigenvalue weighted by molar-refractivity contribution is 5.96. The molecular formula is C19H22N4O3. The van der Waals surface area contributed by atoms with Crippen LogP contribution in [0.25, 0.3) is 0 Å². The van der Waals surface area contributed by atoms with E-state index >= 15 is 0 Å². The predicted octanol–water partition coefficient (Wildman–Crippen LogP) is 0.658. The molecule has 3 amide bonds. The van der Waals surface area contributed by atoms with Gasteiger partial charge in [-0.2, -0.15) is 0 Å². The Morgan fingerprint density at radius 1 is 0.885 bits per heavy atom. The summed E-state index contributed by atoms with van der Waals surface area (Å²) in [4.78, 5) is 43.0. The molecule has 136 valence electrons. The summed E-state index contributed by atoms with van der Waals surface area (Å²) in [6, 6.07) is 12.5. The number of amides is 3. The van der Waals surface area contributed by atoms with E-state index in [1.807, 2.05) is 18.2 Å². The third-order valence-electron chi connectivity index (χ3n) is 4.43. The largest absolute Gasteiger partial charge is 0.365 e. The van der Waals surface area contributed by atoms with Crippen LogP contribution < -0.4 is 5.32 Å². The number of rotatable bonds is 5. The van der Waals surface area contributed by atoms with E-state index in [1.165, 1.54) is 0 Å². The van der Waals surface area contributed by atoms with Crippen LogP contribution in [0.15, 0.2) is 48.7 Å². The van der Waals surface area contributed by atoms with Crippen LogP contribution in [0, 0.1) is 0 Å². The molecule has 0 spiro atoms. The van der Waals surface area contributed by atoms with E-state index < -0.39 is 0 Å². The highest BCUT2D eigenvalue weighted by Crippen LogP contribution is 2.06.